The van der Waals surface area contributed by atoms with E-state index < -0.39 is 5.91 Å². The fourth-order valence-corrected chi connectivity index (χ4v) is 4.84. The van der Waals surface area contributed by atoms with Crippen molar-refractivity contribution in [3.8, 4) is 11.4 Å². The minimum Gasteiger partial charge on any atom is -0.365 e. The number of hydrogen-bond acceptors (Lipinski definition) is 5. The van der Waals surface area contributed by atoms with Crippen LogP contribution in [-0.4, -0.2) is 25.1 Å². The molecule has 0 radical (unpaired) electrons. The summed E-state index contributed by atoms with van der Waals surface area (Å²) in [6.45, 7) is 2.10. The number of fused-ring (bicyclic) bond motifs is 3. The summed E-state index contributed by atoms with van der Waals surface area (Å²) < 4.78 is 3.45. The molecular formula is C22H17N5O2S. The van der Waals surface area contributed by atoms with Crippen LogP contribution in [0.2, 0.25) is 0 Å². The smallest absolute Gasteiger partial charge is 0.264 e. The predicted molar refractivity (Wildman–Crippen MR) is 117 cm³/mol. The lowest BCUT2D eigenvalue weighted by molar-refractivity contribution is 0.100. The minimum atomic E-state index is -0.551. The predicted octanol–water partition coefficient (Wildman–Crippen LogP) is 3.23. The highest BCUT2D eigenvalue weighted by molar-refractivity contribution is 7.20. The first-order chi connectivity index (χ1) is 14.6. The van der Waals surface area contributed by atoms with Gasteiger partial charge in [0.25, 0.3) is 11.5 Å². The number of aromatic nitrogens is 4. The van der Waals surface area contributed by atoms with Gasteiger partial charge in [-0.1, -0.05) is 60.7 Å². The Kier molecular flexibility index (Phi) is 4.22. The molecule has 30 heavy (non-hydrogen) atoms. The molecule has 5 rings (SSSR count). The zero-order valence-electron chi connectivity index (χ0n) is 16.1. The van der Waals surface area contributed by atoms with Crippen LogP contribution < -0.4 is 11.3 Å². The van der Waals surface area contributed by atoms with Gasteiger partial charge in [-0.15, -0.1) is 21.5 Å². The number of carbonyl (C=O) groups is 1. The van der Waals surface area contributed by atoms with E-state index in [0.717, 1.165) is 11.1 Å². The molecule has 3 aromatic heterocycles. The SMILES string of the molecule is Cc1c(C(N)=O)sc2c1c(=O)n(Cc1ccccc1)c1nnc(-c3ccccc3)n21. The quantitative estimate of drug-likeness (QED) is 0.487. The lowest BCUT2D eigenvalue weighted by Gasteiger charge is -2.10. The molecular weight excluding hydrogens is 398 g/mol. The Balaban J connectivity index is 1.91. The number of rotatable bonds is 4. The van der Waals surface area contributed by atoms with Crippen LogP contribution in [0.4, 0.5) is 0 Å². The van der Waals surface area contributed by atoms with Crippen LogP contribution >= 0.6 is 11.3 Å². The number of amides is 1. The van der Waals surface area contributed by atoms with Gasteiger partial charge in [0.15, 0.2) is 5.82 Å². The molecule has 0 fully saturated rings. The van der Waals surface area contributed by atoms with Gasteiger partial charge in [-0.2, -0.15) is 0 Å². The van der Waals surface area contributed by atoms with Crippen molar-refractivity contribution in [1.29, 1.82) is 0 Å². The second-order valence-electron chi connectivity index (χ2n) is 7.00. The van der Waals surface area contributed by atoms with Crippen molar-refractivity contribution >= 4 is 33.2 Å². The highest BCUT2D eigenvalue weighted by atomic mass is 32.1. The molecule has 148 valence electrons. The summed E-state index contributed by atoms with van der Waals surface area (Å²) in [4.78, 5) is 26.5. The molecule has 0 aliphatic heterocycles. The molecule has 5 aromatic rings. The summed E-state index contributed by atoms with van der Waals surface area (Å²) >= 11 is 1.20. The molecule has 7 nitrogen and oxygen atoms in total. The Labute approximate surface area is 175 Å². The van der Waals surface area contributed by atoms with Crippen LogP contribution in [-0.2, 0) is 6.54 Å². The zero-order chi connectivity index (χ0) is 20.8. The lowest BCUT2D eigenvalue weighted by atomic mass is 10.2. The topological polar surface area (TPSA) is 95.3 Å². The largest absolute Gasteiger partial charge is 0.365 e. The highest BCUT2D eigenvalue weighted by Gasteiger charge is 2.24. The van der Waals surface area contributed by atoms with Crippen molar-refractivity contribution in [2.45, 2.75) is 13.5 Å². The van der Waals surface area contributed by atoms with Crippen molar-refractivity contribution in [2.24, 2.45) is 5.73 Å². The second-order valence-corrected chi connectivity index (χ2v) is 8.00. The van der Waals surface area contributed by atoms with E-state index in [1.54, 1.807) is 11.5 Å². The molecule has 0 aliphatic rings. The maximum Gasteiger partial charge on any atom is 0.264 e. The first-order valence-corrected chi connectivity index (χ1v) is 10.2. The van der Waals surface area contributed by atoms with Gasteiger partial charge in [0.1, 0.15) is 4.83 Å². The number of nitrogens with two attached hydrogens (primary N) is 1. The van der Waals surface area contributed by atoms with E-state index in [2.05, 4.69) is 10.2 Å². The molecule has 2 aromatic carbocycles. The Morgan fingerprint density at radius 1 is 1.03 bits per heavy atom. The van der Waals surface area contributed by atoms with E-state index in [0.29, 0.717) is 38.8 Å². The molecule has 3 heterocycles. The van der Waals surface area contributed by atoms with Crippen molar-refractivity contribution < 1.29 is 4.79 Å². The van der Waals surface area contributed by atoms with E-state index in [9.17, 15) is 9.59 Å². The van der Waals surface area contributed by atoms with Gasteiger partial charge in [0.2, 0.25) is 5.78 Å². The molecule has 0 unspecified atom stereocenters. The number of nitrogens with zero attached hydrogens (tertiary/aromatic N) is 4. The Morgan fingerprint density at radius 3 is 2.37 bits per heavy atom. The van der Waals surface area contributed by atoms with Crippen molar-refractivity contribution in [3.05, 3.63) is 87.0 Å². The summed E-state index contributed by atoms with van der Waals surface area (Å²) in [5, 5.41) is 9.21. The maximum absolute atomic E-state index is 13.5. The summed E-state index contributed by atoms with van der Waals surface area (Å²) in [5.41, 5.74) is 7.78. The Hall–Kier alpha value is -3.78. The molecule has 0 spiro atoms. The third-order valence-electron chi connectivity index (χ3n) is 5.12. The van der Waals surface area contributed by atoms with Gasteiger partial charge < -0.3 is 5.73 Å². The third kappa shape index (κ3) is 2.73. The number of primary amides is 1. The summed E-state index contributed by atoms with van der Waals surface area (Å²) in [5.74, 6) is 0.479. The number of thiophene rings is 1. The number of aryl methyl sites for hydroxylation is 1. The lowest BCUT2D eigenvalue weighted by Crippen LogP contribution is -2.24. The zero-order valence-corrected chi connectivity index (χ0v) is 16.9. The van der Waals surface area contributed by atoms with E-state index in [4.69, 9.17) is 5.73 Å². The first kappa shape index (κ1) is 18.3. The van der Waals surface area contributed by atoms with Crippen LogP contribution in [0.5, 0.6) is 0 Å². The second kappa shape index (κ2) is 6.93. The maximum atomic E-state index is 13.5. The van der Waals surface area contributed by atoms with Gasteiger partial charge in [-0.25, -0.2) is 0 Å². The van der Waals surface area contributed by atoms with E-state index in [1.165, 1.54) is 11.3 Å². The van der Waals surface area contributed by atoms with Crippen molar-refractivity contribution in [3.63, 3.8) is 0 Å². The van der Waals surface area contributed by atoms with Crippen LogP contribution in [0.15, 0.2) is 65.5 Å². The molecule has 0 saturated heterocycles. The molecule has 8 heteroatoms. The third-order valence-corrected chi connectivity index (χ3v) is 6.41. The number of benzene rings is 2. The van der Waals surface area contributed by atoms with Gasteiger partial charge in [0, 0.05) is 5.56 Å². The van der Waals surface area contributed by atoms with E-state index in [-0.39, 0.29) is 5.56 Å². The first-order valence-electron chi connectivity index (χ1n) is 9.36. The number of carbonyl (C=O) groups excluding carboxylic acids is 1. The van der Waals surface area contributed by atoms with Crippen LogP contribution in [0.25, 0.3) is 27.4 Å². The average Bonchev–Trinajstić information content (AvgIpc) is 3.34. The van der Waals surface area contributed by atoms with E-state index >= 15 is 0 Å². The average molecular weight is 415 g/mol. The van der Waals surface area contributed by atoms with Gasteiger partial charge >= 0.3 is 0 Å². The molecule has 0 bridgehead atoms. The summed E-state index contributed by atoms with van der Waals surface area (Å²) in [7, 11) is 0. The molecule has 2 N–H and O–H groups in total. The van der Waals surface area contributed by atoms with Crippen molar-refractivity contribution in [2.75, 3.05) is 0 Å². The fraction of sp³-hybridized carbons (Fsp3) is 0.0909. The number of hydrogen-bond donors (Lipinski definition) is 1. The highest BCUT2D eigenvalue weighted by Crippen LogP contribution is 2.31. The van der Waals surface area contributed by atoms with Gasteiger partial charge in [-0.3, -0.25) is 18.6 Å². The summed E-state index contributed by atoms with van der Waals surface area (Å²) in [6, 6.07) is 19.3. The van der Waals surface area contributed by atoms with Crippen LogP contribution in [0.3, 0.4) is 0 Å². The van der Waals surface area contributed by atoms with Gasteiger partial charge in [-0.05, 0) is 18.1 Å². The molecule has 1 amide bonds. The normalized spacial score (nSPS) is 11.4. The Bertz CT molecular complexity index is 1470. The standard InChI is InChI=1S/C22H17N5O2S/c1-13-16-20(29)26(12-14-8-4-2-5-9-14)22-25-24-19(15-10-6-3-7-11-15)27(22)21(16)30-17(13)18(23)28/h2-11H,12H2,1H3,(H2,23,28). The Morgan fingerprint density at radius 2 is 1.70 bits per heavy atom. The molecule has 0 aliphatic carbocycles. The van der Waals surface area contributed by atoms with Crippen molar-refractivity contribution in [1.82, 2.24) is 19.2 Å². The monoisotopic (exact) mass is 415 g/mol. The van der Waals surface area contributed by atoms with Gasteiger partial charge in [0.05, 0.1) is 16.8 Å². The summed E-state index contributed by atoms with van der Waals surface area (Å²) in [6.07, 6.45) is 0. The van der Waals surface area contributed by atoms with Crippen LogP contribution in [0.1, 0.15) is 20.8 Å². The fourth-order valence-electron chi connectivity index (χ4n) is 3.69. The van der Waals surface area contributed by atoms with Crippen LogP contribution in [0, 0.1) is 6.92 Å². The molecule has 0 atom stereocenters. The minimum absolute atomic E-state index is 0.213. The van der Waals surface area contributed by atoms with E-state index in [1.807, 2.05) is 65.1 Å². The molecule has 0 saturated carbocycles.